The highest BCUT2D eigenvalue weighted by atomic mass is 19.1. The molecule has 1 spiro atoms. The Labute approximate surface area is 164 Å². The largest absolute Gasteiger partial charge is 0.481 e. The Bertz CT molecular complexity index is 831. The van der Waals surface area contributed by atoms with E-state index in [0.29, 0.717) is 18.7 Å². The molecule has 0 bridgehead atoms. The van der Waals surface area contributed by atoms with E-state index >= 15 is 0 Å². The molecule has 28 heavy (non-hydrogen) atoms. The summed E-state index contributed by atoms with van der Waals surface area (Å²) in [5.74, 6) is -1.20. The van der Waals surface area contributed by atoms with Gasteiger partial charge in [0.1, 0.15) is 5.82 Å². The van der Waals surface area contributed by atoms with Crippen LogP contribution < -0.4 is 0 Å². The van der Waals surface area contributed by atoms with E-state index in [1.54, 1.807) is 12.3 Å². The quantitative estimate of drug-likeness (QED) is 0.827. The number of nitrogens with zero attached hydrogens (tertiary/aromatic N) is 3. The van der Waals surface area contributed by atoms with E-state index < -0.39 is 5.97 Å². The molecule has 1 atom stereocenters. The fourth-order valence-corrected chi connectivity index (χ4v) is 4.87. The summed E-state index contributed by atoms with van der Waals surface area (Å²) in [6.07, 6.45) is 3.44. The van der Waals surface area contributed by atoms with Crippen LogP contribution in [-0.2, 0) is 17.9 Å². The fourth-order valence-electron chi connectivity index (χ4n) is 4.87. The van der Waals surface area contributed by atoms with Crippen LogP contribution >= 0.6 is 0 Å². The van der Waals surface area contributed by atoms with Gasteiger partial charge in [-0.3, -0.25) is 19.7 Å². The van der Waals surface area contributed by atoms with Gasteiger partial charge in [-0.05, 0) is 56.1 Å². The van der Waals surface area contributed by atoms with Crippen LogP contribution in [0.4, 0.5) is 4.39 Å². The van der Waals surface area contributed by atoms with Crippen LogP contribution in [0.3, 0.4) is 0 Å². The van der Waals surface area contributed by atoms with Gasteiger partial charge >= 0.3 is 5.97 Å². The molecule has 2 aromatic rings. The second-order valence-electron chi connectivity index (χ2n) is 8.30. The number of aromatic amines is 1. The van der Waals surface area contributed by atoms with E-state index in [1.807, 2.05) is 19.1 Å². The molecular weight excluding hydrogens is 359 g/mol. The highest BCUT2D eigenvalue weighted by Gasteiger charge is 2.51. The lowest BCUT2D eigenvalue weighted by Crippen LogP contribution is -2.45. The van der Waals surface area contributed by atoms with Crippen LogP contribution in [-0.4, -0.2) is 57.3 Å². The fraction of sp³-hybridized carbons (Fsp3) is 0.524. The van der Waals surface area contributed by atoms with Gasteiger partial charge in [0.25, 0.3) is 0 Å². The van der Waals surface area contributed by atoms with Gasteiger partial charge in [-0.15, -0.1) is 0 Å². The molecule has 1 aromatic heterocycles. The zero-order valence-corrected chi connectivity index (χ0v) is 16.2. The predicted molar refractivity (Wildman–Crippen MR) is 103 cm³/mol. The number of nitrogens with one attached hydrogen (secondary N) is 1. The van der Waals surface area contributed by atoms with Gasteiger partial charge in [0.05, 0.1) is 5.92 Å². The Kier molecular flexibility index (Phi) is 5.21. The van der Waals surface area contributed by atoms with Gasteiger partial charge < -0.3 is 5.11 Å². The zero-order chi connectivity index (χ0) is 19.7. The summed E-state index contributed by atoms with van der Waals surface area (Å²) in [6, 6.07) is 7.16. The van der Waals surface area contributed by atoms with Crippen molar-refractivity contribution < 1.29 is 14.3 Å². The number of carboxylic acids is 1. The molecule has 2 aliphatic heterocycles. The Balaban J connectivity index is 1.42. The lowest BCUT2D eigenvalue weighted by atomic mass is 9.71. The summed E-state index contributed by atoms with van der Waals surface area (Å²) in [5.41, 5.74) is 2.55. The van der Waals surface area contributed by atoms with Crippen molar-refractivity contribution in [3.05, 3.63) is 53.1 Å². The number of carboxylic acid groups (broad SMARTS) is 1. The van der Waals surface area contributed by atoms with Gasteiger partial charge in [0.15, 0.2) is 0 Å². The number of benzene rings is 1. The van der Waals surface area contributed by atoms with Gasteiger partial charge in [-0.1, -0.05) is 12.1 Å². The number of aromatic nitrogens is 2. The van der Waals surface area contributed by atoms with Crippen molar-refractivity contribution in [2.75, 3.05) is 26.2 Å². The minimum Gasteiger partial charge on any atom is -0.481 e. The minimum absolute atomic E-state index is 0.165. The van der Waals surface area contributed by atoms with Crippen LogP contribution in [0.5, 0.6) is 0 Å². The van der Waals surface area contributed by atoms with E-state index in [9.17, 15) is 14.3 Å². The molecule has 2 N–H and O–H groups in total. The SMILES string of the molecule is Cc1c(F)cccc1CN1CCC2(CC1)CN(Cc1ccn[nH]1)CC2C(=O)O. The first kappa shape index (κ1) is 19.1. The molecule has 0 amide bonds. The summed E-state index contributed by atoms with van der Waals surface area (Å²) in [6.45, 7) is 6.32. The Morgan fingerprint density at radius 3 is 2.75 bits per heavy atom. The number of hydrogen-bond acceptors (Lipinski definition) is 4. The number of H-pyrrole nitrogens is 1. The number of aliphatic carboxylic acids is 1. The third-order valence-electron chi connectivity index (χ3n) is 6.59. The van der Waals surface area contributed by atoms with E-state index in [0.717, 1.165) is 50.3 Å². The first-order chi connectivity index (χ1) is 13.5. The van der Waals surface area contributed by atoms with Crippen LogP contribution in [0, 0.1) is 24.1 Å². The summed E-state index contributed by atoms with van der Waals surface area (Å²) in [5, 5.41) is 16.8. The van der Waals surface area contributed by atoms with Crippen molar-refractivity contribution in [3.63, 3.8) is 0 Å². The molecule has 1 unspecified atom stereocenters. The normalized spacial score (nSPS) is 22.7. The predicted octanol–water partition coefficient (Wildman–Crippen LogP) is 2.66. The maximum Gasteiger partial charge on any atom is 0.308 e. The molecule has 2 saturated heterocycles. The second-order valence-corrected chi connectivity index (χ2v) is 8.30. The Hall–Kier alpha value is -2.25. The molecule has 2 fully saturated rings. The Morgan fingerprint density at radius 1 is 1.29 bits per heavy atom. The highest BCUT2D eigenvalue weighted by Crippen LogP contribution is 2.45. The molecular formula is C21H27FN4O2. The lowest BCUT2D eigenvalue weighted by Gasteiger charge is -2.41. The summed E-state index contributed by atoms with van der Waals surface area (Å²) in [7, 11) is 0. The zero-order valence-electron chi connectivity index (χ0n) is 16.2. The topological polar surface area (TPSA) is 72.5 Å². The van der Waals surface area contributed by atoms with Crippen LogP contribution in [0.2, 0.25) is 0 Å². The average Bonchev–Trinajstić information content (AvgIpc) is 3.30. The second kappa shape index (κ2) is 7.64. The minimum atomic E-state index is -0.693. The standard InChI is InChI=1S/C21H27FN4O2/c1-15-16(3-2-4-19(15)22)11-25-9-6-21(7-10-25)14-26(13-18(21)20(27)28)12-17-5-8-23-24-17/h2-5,8,18H,6-7,9-14H2,1H3,(H,23,24)(H,27,28). The first-order valence-electron chi connectivity index (χ1n) is 9.87. The molecule has 1 aromatic carbocycles. The molecule has 6 nitrogen and oxygen atoms in total. The number of likely N-dealkylation sites (tertiary alicyclic amines) is 2. The van der Waals surface area contributed by atoms with Crippen LogP contribution in [0.25, 0.3) is 0 Å². The molecule has 4 rings (SSSR count). The molecule has 3 heterocycles. The molecule has 0 saturated carbocycles. The first-order valence-corrected chi connectivity index (χ1v) is 9.87. The maximum atomic E-state index is 13.8. The smallest absolute Gasteiger partial charge is 0.308 e. The monoisotopic (exact) mass is 386 g/mol. The number of hydrogen-bond donors (Lipinski definition) is 2. The number of piperidine rings is 1. The number of halogens is 1. The molecule has 7 heteroatoms. The summed E-state index contributed by atoms with van der Waals surface area (Å²) >= 11 is 0. The van der Waals surface area contributed by atoms with E-state index in [4.69, 9.17) is 0 Å². The van der Waals surface area contributed by atoms with E-state index in [2.05, 4.69) is 20.0 Å². The van der Waals surface area contributed by atoms with Crippen LogP contribution in [0.15, 0.2) is 30.5 Å². The van der Waals surface area contributed by atoms with Crippen molar-refractivity contribution in [3.8, 4) is 0 Å². The van der Waals surface area contributed by atoms with E-state index in [1.165, 1.54) is 6.07 Å². The number of carbonyl (C=O) groups is 1. The highest BCUT2D eigenvalue weighted by molar-refractivity contribution is 5.72. The number of rotatable bonds is 5. The lowest BCUT2D eigenvalue weighted by molar-refractivity contribution is -0.146. The van der Waals surface area contributed by atoms with Gasteiger partial charge in [0.2, 0.25) is 0 Å². The Morgan fingerprint density at radius 2 is 2.07 bits per heavy atom. The van der Waals surface area contributed by atoms with Crippen molar-refractivity contribution in [1.29, 1.82) is 0 Å². The maximum absolute atomic E-state index is 13.8. The van der Waals surface area contributed by atoms with Crippen molar-refractivity contribution in [1.82, 2.24) is 20.0 Å². The third kappa shape index (κ3) is 3.69. The molecule has 150 valence electrons. The molecule has 0 radical (unpaired) electrons. The summed E-state index contributed by atoms with van der Waals surface area (Å²) in [4.78, 5) is 16.5. The third-order valence-corrected chi connectivity index (χ3v) is 6.59. The molecule has 0 aliphatic carbocycles. The molecule has 2 aliphatic rings. The van der Waals surface area contributed by atoms with Crippen molar-refractivity contribution in [2.24, 2.45) is 11.3 Å². The van der Waals surface area contributed by atoms with Crippen LogP contribution in [0.1, 0.15) is 29.7 Å². The van der Waals surface area contributed by atoms with Crippen molar-refractivity contribution in [2.45, 2.75) is 32.9 Å². The van der Waals surface area contributed by atoms with Crippen molar-refractivity contribution >= 4 is 5.97 Å². The average molecular weight is 386 g/mol. The van der Waals surface area contributed by atoms with E-state index in [-0.39, 0.29) is 17.2 Å². The van der Waals surface area contributed by atoms with Gasteiger partial charge in [-0.2, -0.15) is 5.10 Å². The summed E-state index contributed by atoms with van der Waals surface area (Å²) < 4.78 is 13.8. The van der Waals surface area contributed by atoms with Gasteiger partial charge in [0, 0.05) is 43.5 Å². The van der Waals surface area contributed by atoms with Gasteiger partial charge in [-0.25, -0.2) is 4.39 Å².